The maximum absolute atomic E-state index is 13.5. The minimum Gasteiger partial charge on any atom is -0.501 e. The second-order valence-electron chi connectivity index (χ2n) is 8.40. The monoisotopic (exact) mass is 549 g/mol. The van der Waals surface area contributed by atoms with Gasteiger partial charge in [-0.15, -0.1) is 0 Å². The average molecular weight is 551 g/mol. The molecule has 0 fully saturated rings. The molecule has 2 N–H and O–H groups in total. The Labute approximate surface area is 224 Å². The number of carboxylic acid groups (broad SMARTS) is 1. The van der Waals surface area contributed by atoms with Gasteiger partial charge in [-0.25, -0.2) is 4.79 Å². The van der Waals surface area contributed by atoms with Crippen molar-refractivity contribution in [3.63, 3.8) is 0 Å². The number of hydrogen-bond donors (Lipinski definition) is 2. The Morgan fingerprint density at radius 3 is 2.00 bits per heavy atom. The quantitative estimate of drug-likeness (QED) is 0.369. The van der Waals surface area contributed by atoms with E-state index in [1.807, 2.05) is 60.7 Å². The fourth-order valence-corrected chi connectivity index (χ4v) is 4.52. The summed E-state index contributed by atoms with van der Waals surface area (Å²) in [5.74, 6) is -1.95. The van der Waals surface area contributed by atoms with Gasteiger partial charge < -0.3 is 15.2 Å². The first-order valence-electron chi connectivity index (χ1n) is 11.3. The first-order chi connectivity index (χ1) is 17.1. The van der Waals surface area contributed by atoms with Crippen molar-refractivity contribution in [1.82, 2.24) is 5.32 Å². The number of hydrogen-bond acceptors (Lipinski definition) is 4. The molecule has 1 unspecified atom stereocenters. The van der Waals surface area contributed by atoms with Gasteiger partial charge in [0, 0.05) is 24.8 Å². The second kappa shape index (κ2) is 12.4. The van der Waals surface area contributed by atoms with Crippen LogP contribution in [0.5, 0.6) is 0 Å². The van der Waals surface area contributed by atoms with Crippen LogP contribution in [0, 0.1) is 0 Å². The number of carboxylic acids is 1. The molecule has 0 bridgehead atoms. The highest BCUT2D eigenvalue weighted by Gasteiger charge is 2.37. The van der Waals surface area contributed by atoms with Gasteiger partial charge in [0.15, 0.2) is 0 Å². The van der Waals surface area contributed by atoms with Gasteiger partial charge >= 0.3 is 5.97 Å². The number of methoxy groups -OCH3 is 1. The van der Waals surface area contributed by atoms with Crippen LogP contribution in [0.4, 0.5) is 0 Å². The van der Waals surface area contributed by atoms with Gasteiger partial charge in [0.2, 0.25) is 9.70 Å². The van der Waals surface area contributed by atoms with Crippen LogP contribution in [0.2, 0.25) is 0 Å². The topological polar surface area (TPSA) is 92.7 Å². The molecule has 0 saturated carbocycles. The molecule has 1 atom stereocenters. The summed E-state index contributed by atoms with van der Waals surface area (Å²) in [5, 5.41) is 12.1. The smallest absolute Gasteiger partial charge is 0.331 e. The van der Waals surface area contributed by atoms with Crippen molar-refractivity contribution < 1.29 is 24.2 Å². The maximum Gasteiger partial charge on any atom is 0.331 e. The minimum absolute atomic E-state index is 0.117. The van der Waals surface area contributed by atoms with Crippen molar-refractivity contribution in [1.29, 1.82) is 0 Å². The molecule has 0 aromatic heterocycles. The Balaban J connectivity index is 1.81. The molecule has 0 aliphatic heterocycles. The molecule has 0 radical (unpaired) electrons. The van der Waals surface area contributed by atoms with Crippen molar-refractivity contribution in [2.24, 2.45) is 0 Å². The third-order valence-corrected chi connectivity index (χ3v) is 6.70. The third-order valence-electron chi connectivity index (χ3n) is 5.91. The summed E-state index contributed by atoms with van der Waals surface area (Å²) in [6.45, 7) is 0. The molecule has 0 heterocycles. The Morgan fingerprint density at radius 2 is 1.53 bits per heavy atom. The molecular weight excluding hydrogens is 525 g/mol. The molecule has 36 heavy (non-hydrogen) atoms. The zero-order valence-electron chi connectivity index (χ0n) is 19.5. The van der Waals surface area contributed by atoms with Crippen LogP contribution in [0.3, 0.4) is 0 Å². The van der Waals surface area contributed by atoms with Gasteiger partial charge in [0.05, 0.1) is 24.8 Å². The molecule has 2 aromatic carbocycles. The van der Waals surface area contributed by atoms with Crippen LogP contribution >= 0.6 is 34.8 Å². The lowest BCUT2D eigenvalue weighted by Crippen LogP contribution is -2.47. The number of amides is 1. The van der Waals surface area contributed by atoms with E-state index in [4.69, 9.17) is 39.5 Å². The number of Topliss-reactive ketones (excluding diaryl/α,β-unsaturated/α-hetero) is 1. The normalized spacial score (nSPS) is 14.8. The highest BCUT2D eigenvalue weighted by Crippen LogP contribution is 2.35. The van der Waals surface area contributed by atoms with Gasteiger partial charge in [0.25, 0.3) is 0 Å². The fourth-order valence-electron chi connectivity index (χ4n) is 4.13. The summed E-state index contributed by atoms with van der Waals surface area (Å²) in [6.07, 6.45) is 1.75. The van der Waals surface area contributed by atoms with Crippen LogP contribution < -0.4 is 5.32 Å². The molecule has 190 valence electrons. The summed E-state index contributed by atoms with van der Waals surface area (Å²) < 4.78 is 3.38. The van der Waals surface area contributed by atoms with Gasteiger partial charge in [0.1, 0.15) is 5.78 Å². The number of halogens is 3. The highest BCUT2D eigenvalue weighted by atomic mass is 35.6. The largest absolute Gasteiger partial charge is 0.501 e. The van der Waals surface area contributed by atoms with Crippen molar-refractivity contribution >= 4 is 52.5 Å². The summed E-state index contributed by atoms with van der Waals surface area (Å²) in [4.78, 5) is 37.9. The van der Waals surface area contributed by atoms with Crippen molar-refractivity contribution in [3.05, 3.63) is 94.8 Å². The first kappa shape index (κ1) is 27.8. The Bertz CT molecular complexity index is 1120. The molecule has 1 amide bonds. The zero-order valence-corrected chi connectivity index (χ0v) is 21.8. The second-order valence-corrected chi connectivity index (χ2v) is 10.8. The predicted octanol–water partition coefficient (Wildman–Crippen LogP) is 5.73. The third kappa shape index (κ3) is 7.36. The summed E-state index contributed by atoms with van der Waals surface area (Å²) >= 11 is 18.6. The molecule has 6 nitrogen and oxygen atoms in total. The van der Waals surface area contributed by atoms with E-state index in [0.29, 0.717) is 24.2 Å². The molecule has 9 heteroatoms. The number of carbonyl (C=O) groups excluding carboxylic acids is 2. The predicted molar refractivity (Wildman–Crippen MR) is 140 cm³/mol. The van der Waals surface area contributed by atoms with Gasteiger partial charge in [-0.3, -0.25) is 9.59 Å². The molecule has 0 spiro atoms. The number of ether oxygens (including phenoxy) is 1. The summed E-state index contributed by atoms with van der Waals surface area (Å²) in [7, 11) is 1.47. The number of carbonyl (C=O) groups is 3. The van der Waals surface area contributed by atoms with E-state index < -0.39 is 27.6 Å². The SMILES string of the molecule is COC1=C(CC(=O)CC(NC(=O)C(c2ccccc2)c2ccccc2)C(Cl)(Cl)Cl)C=C(C(=O)O)CC1. The van der Waals surface area contributed by atoms with E-state index in [1.54, 1.807) is 0 Å². The summed E-state index contributed by atoms with van der Waals surface area (Å²) in [5.41, 5.74) is 2.16. The van der Waals surface area contributed by atoms with E-state index in [9.17, 15) is 19.5 Å². The van der Waals surface area contributed by atoms with Crippen molar-refractivity contribution in [3.8, 4) is 0 Å². The van der Waals surface area contributed by atoms with E-state index >= 15 is 0 Å². The van der Waals surface area contributed by atoms with Crippen LogP contribution in [-0.4, -0.2) is 39.7 Å². The molecule has 2 aromatic rings. The molecule has 3 rings (SSSR count). The number of aliphatic carboxylic acids is 1. The lowest BCUT2D eigenvalue weighted by molar-refractivity contribution is -0.133. The van der Waals surface area contributed by atoms with E-state index in [0.717, 1.165) is 11.1 Å². The van der Waals surface area contributed by atoms with Crippen LogP contribution in [-0.2, 0) is 19.1 Å². The fraction of sp³-hybridized carbons (Fsp3) is 0.296. The Hall–Kier alpha value is -2.80. The highest BCUT2D eigenvalue weighted by molar-refractivity contribution is 6.68. The van der Waals surface area contributed by atoms with Crippen molar-refractivity contribution in [2.45, 2.75) is 41.4 Å². The standard InChI is InChI=1S/C27H26Cl3NO5/c1-36-22-13-12-19(26(34)35)14-20(22)15-21(32)16-23(27(28,29)30)31-25(33)24(17-8-4-2-5-9-17)18-10-6-3-7-11-18/h2-11,14,23-24H,12-13,15-16H2,1H3,(H,31,33)(H,34,35). The van der Waals surface area contributed by atoms with Crippen molar-refractivity contribution in [2.75, 3.05) is 7.11 Å². The first-order valence-corrected chi connectivity index (χ1v) is 12.4. The van der Waals surface area contributed by atoms with Gasteiger partial charge in [-0.1, -0.05) is 95.5 Å². The number of ketones is 1. The molecule has 1 aliphatic rings. The average Bonchev–Trinajstić information content (AvgIpc) is 2.84. The maximum atomic E-state index is 13.5. The van der Waals surface area contributed by atoms with Gasteiger partial charge in [-0.2, -0.15) is 0 Å². The molecular formula is C27H26Cl3NO5. The Kier molecular flexibility index (Phi) is 9.60. The van der Waals surface area contributed by atoms with Crippen LogP contribution in [0.25, 0.3) is 0 Å². The lowest BCUT2D eigenvalue weighted by atomic mass is 9.90. The summed E-state index contributed by atoms with van der Waals surface area (Å²) in [6, 6.07) is 17.3. The minimum atomic E-state index is -1.96. The number of rotatable bonds is 10. The molecule has 1 aliphatic carbocycles. The lowest BCUT2D eigenvalue weighted by Gasteiger charge is -2.28. The number of nitrogens with one attached hydrogen (secondary N) is 1. The van der Waals surface area contributed by atoms with E-state index in [2.05, 4.69) is 5.32 Å². The number of benzene rings is 2. The number of alkyl halides is 3. The zero-order chi connectivity index (χ0) is 26.3. The molecule has 0 saturated heterocycles. The Morgan fingerprint density at radius 1 is 0.972 bits per heavy atom. The van der Waals surface area contributed by atoms with E-state index in [-0.39, 0.29) is 24.2 Å². The van der Waals surface area contributed by atoms with Crippen LogP contribution in [0.15, 0.2) is 83.6 Å². The van der Waals surface area contributed by atoms with Gasteiger partial charge in [-0.05, 0) is 29.2 Å². The number of allylic oxidation sites excluding steroid dienone is 3. The van der Waals surface area contributed by atoms with E-state index in [1.165, 1.54) is 13.2 Å². The van der Waals surface area contributed by atoms with Crippen LogP contribution in [0.1, 0.15) is 42.7 Å².